The van der Waals surface area contributed by atoms with E-state index in [0.29, 0.717) is 25.0 Å². The molecule has 1 saturated carbocycles. The van der Waals surface area contributed by atoms with E-state index >= 15 is 0 Å². The Kier molecular flexibility index (Phi) is 8.28. The van der Waals surface area contributed by atoms with Crippen molar-refractivity contribution < 1.29 is 37.1 Å². The van der Waals surface area contributed by atoms with Gasteiger partial charge in [0.05, 0.1) is 7.11 Å². The Morgan fingerprint density at radius 2 is 1.82 bits per heavy atom. The van der Waals surface area contributed by atoms with Crippen LogP contribution in [0.1, 0.15) is 51.4 Å². The molecule has 3 aliphatic rings. The first-order chi connectivity index (χ1) is 19.0. The Morgan fingerprint density at radius 3 is 2.48 bits per heavy atom. The summed E-state index contributed by atoms with van der Waals surface area (Å²) in [7, 11) is -2.78. The number of nitrogens with one attached hydrogen (secondary N) is 2. The van der Waals surface area contributed by atoms with Crippen molar-refractivity contribution >= 4 is 39.5 Å². The minimum Gasteiger partial charge on any atom is -0.497 e. The fraction of sp³-hybridized carbons (Fsp3) is 0.538. The molecule has 6 N–H and O–H groups in total. The highest BCUT2D eigenvalue weighted by Gasteiger charge is 2.67. The van der Waals surface area contributed by atoms with Crippen LogP contribution < -0.4 is 26.2 Å². The Balaban J connectivity index is 1.72. The second-order valence-corrected chi connectivity index (χ2v) is 12.2. The summed E-state index contributed by atoms with van der Waals surface area (Å²) in [6.45, 7) is -0.0129. The number of sulfonamides is 1. The molecule has 0 spiro atoms. The molecule has 2 heterocycles. The number of rotatable bonds is 6. The van der Waals surface area contributed by atoms with Crippen LogP contribution in [0, 0.1) is 5.92 Å². The summed E-state index contributed by atoms with van der Waals surface area (Å²) in [5.74, 6) is -2.95. The fourth-order valence-electron chi connectivity index (χ4n) is 5.51. The molecular formula is C26H35N5O8S. The topological polar surface area (TPSA) is 200 Å². The zero-order valence-corrected chi connectivity index (χ0v) is 23.1. The first-order valence-electron chi connectivity index (χ1n) is 13.2. The normalized spacial score (nSPS) is 30.0. The largest absolute Gasteiger partial charge is 0.497 e. The number of allylic oxidation sites excluding steroid dienone is 1. The Labute approximate surface area is 232 Å². The van der Waals surface area contributed by atoms with Gasteiger partial charge in [0.25, 0.3) is 27.7 Å². The van der Waals surface area contributed by atoms with Crippen molar-refractivity contribution in [1.29, 1.82) is 0 Å². The summed E-state index contributed by atoms with van der Waals surface area (Å²) in [6.07, 6.45) is 4.05. The number of primary amides is 2. The number of methoxy groups -OCH3 is 1. The number of carbonyl (C=O) groups is 4. The van der Waals surface area contributed by atoms with E-state index < -0.39 is 56.3 Å². The zero-order chi connectivity index (χ0) is 29.1. The van der Waals surface area contributed by atoms with Crippen molar-refractivity contribution in [3.63, 3.8) is 0 Å². The van der Waals surface area contributed by atoms with E-state index in [1.54, 1.807) is 18.2 Å². The molecule has 218 valence electrons. The molecule has 4 atom stereocenters. The Bertz CT molecular complexity index is 1300. The average molecular weight is 578 g/mol. The van der Waals surface area contributed by atoms with Gasteiger partial charge < -0.3 is 31.2 Å². The lowest BCUT2D eigenvalue weighted by Crippen LogP contribution is -2.68. The lowest BCUT2D eigenvalue weighted by molar-refractivity contribution is -0.157. The van der Waals surface area contributed by atoms with Crippen LogP contribution in [-0.2, 0) is 29.1 Å². The third kappa shape index (κ3) is 5.44. The van der Waals surface area contributed by atoms with Crippen molar-refractivity contribution in [2.75, 3.05) is 18.4 Å². The summed E-state index contributed by atoms with van der Waals surface area (Å²) in [4.78, 5) is 51.2. The number of hydrogen-bond acceptors (Lipinski definition) is 8. The molecule has 13 nitrogen and oxygen atoms in total. The maximum absolute atomic E-state index is 13.9. The molecule has 0 aromatic heterocycles. The smallest absolute Gasteiger partial charge is 0.405 e. The molecule has 2 aliphatic heterocycles. The number of anilines is 1. The fourth-order valence-corrected chi connectivity index (χ4v) is 7.24. The maximum atomic E-state index is 13.9. The quantitative estimate of drug-likeness (QED) is 0.284. The van der Waals surface area contributed by atoms with Crippen molar-refractivity contribution in [2.45, 2.75) is 67.9 Å². The van der Waals surface area contributed by atoms with Crippen LogP contribution in [0.2, 0.25) is 0 Å². The summed E-state index contributed by atoms with van der Waals surface area (Å²) >= 11 is 0. The third-order valence-electron chi connectivity index (χ3n) is 7.78. The monoisotopic (exact) mass is 577 g/mol. The molecule has 0 radical (unpaired) electrons. The van der Waals surface area contributed by atoms with E-state index in [0.717, 1.165) is 11.3 Å². The van der Waals surface area contributed by atoms with Gasteiger partial charge in [0.15, 0.2) is 11.0 Å². The van der Waals surface area contributed by atoms with Crippen LogP contribution in [0.25, 0.3) is 0 Å². The van der Waals surface area contributed by atoms with E-state index in [2.05, 4.69) is 10.0 Å². The summed E-state index contributed by atoms with van der Waals surface area (Å²) < 4.78 is 40.2. The first-order valence-corrected chi connectivity index (χ1v) is 14.7. The van der Waals surface area contributed by atoms with E-state index in [4.69, 9.17) is 20.9 Å². The van der Waals surface area contributed by atoms with Crippen molar-refractivity contribution in [1.82, 2.24) is 10.2 Å². The standard InChI is InChI=1S/C26H35N5O8S/c1-38-19-12-10-18(11-13-19)30-40(36,37)26-16-17(26)8-5-3-2-4-6-9-20(39-24(28)35)21(32)31-15-7-14-25(31,22(27)33)23(34)29-26/h5,8,10-13,17,20,30H,2-4,6-7,9,14-16H2,1H3,(H2,27,33)(H2,28,35)(H,29,34)/b8-5-. The second kappa shape index (κ2) is 11.4. The number of ether oxygens (including phenoxy) is 2. The maximum Gasteiger partial charge on any atom is 0.405 e. The van der Waals surface area contributed by atoms with Crippen LogP contribution in [-0.4, -0.2) is 67.3 Å². The number of nitrogens with two attached hydrogens (primary N) is 2. The third-order valence-corrected chi connectivity index (χ3v) is 9.81. The number of fused-ring (bicyclic) bond motifs is 2. The van der Waals surface area contributed by atoms with Gasteiger partial charge in [0, 0.05) is 18.2 Å². The van der Waals surface area contributed by atoms with Gasteiger partial charge in [0.2, 0.25) is 5.54 Å². The van der Waals surface area contributed by atoms with Crippen LogP contribution in [0.5, 0.6) is 5.75 Å². The highest BCUT2D eigenvalue weighted by Crippen LogP contribution is 2.50. The zero-order valence-electron chi connectivity index (χ0n) is 22.3. The van der Waals surface area contributed by atoms with Crippen molar-refractivity contribution in [2.24, 2.45) is 17.4 Å². The number of nitrogens with zero attached hydrogens (tertiary/aromatic N) is 1. The van der Waals surface area contributed by atoms with Gasteiger partial charge in [-0.05, 0) is 69.2 Å². The van der Waals surface area contributed by atoms with Crippen LogP contribution >= 0.6 is 0 Å². The van der Waals surface area contributed by atoms with Crippen LogP contribution in [0.15, 0.2) is 36.4 Å². The molecule has 4 rings (SSSR count). The van der Waals surface area contributed by atoms with Gasteiger partial charge in [-0.3, -0.25) is 19.1 Å². The molecule has 1 aliphatic carbocycles. The first kappa shape index (κ1) is 29.2. The van der Waals surface area contributed by atoms with E-state index in [1.807, 2.05) is 6.08 Å². The van der Waals surface area contributed by atoms with E-state index in [1.165, 1.54) is 19.2 Å². The summed E-state index contributed by atoms with van der Waals surface area (Å²) in [6, 6.07) is 6.22. The number of benzene rings is 1. The Hall–Kier alpha value is -3.81. The van der Waals surface area contributed by atoms with Crippen molar-refractivity contribution in [3.8, 4) is 5.75 Å². The predicted molar refractivity (Wildman–Crippen MR) is 144 cm³/mol. The average Bonchev–Trinajstić information content (AvgIpc) is 3.41. The molecule has 0 bridgehead atoms. The van der Waals surface area contributed by atoms with Crippen molar-refractivity contribution in [3.05, 3.63) is 36.4 Å². The van der Waals surface area contributed by atoms with E-state index in [9.17, 15) is 27.6 Å². The van der Waals surface area contributed by atoms with Gasteiger partial charge in [-0.25, -0.2) is 13.2 Å². The Morgan fingerprint density at radius 1 is 1.10 bits per heavy atom. The molecule has 1 aromatic carbocycles. The molecule has 4 amide bonds. The van der Waals surface area contributed by atoms with Gasteiger partial charge >= 0.3 is 6.09 Å². The van der Waals surface area contributed by atoms with Crippen LogP contribution in [0.4, 0.5) is 10.5 Å². The number of amides is 4. The molecule has 4 unspecified atom stereocenters. The summed E-state index contributed by atoms with van der Waals surface area (Å²) in [5, 5.41) is 2.60. The minimum absolute atomic E-state index is 0.0129. The highest BCUT2D eigenvalue weighted by atomic mass is 32.2. The summed E-state index contributed by atoms with van der Waals surface area (Å²) in [5.41, 5.74) is 9.03. The minimum atomic E-state index is -4.26. The van der Waals surface area contributed by atoms with E-state index in [-0.39, 0.29) is 37.9 Å². The van der Waals surface area contributed by atoms with Gasteiger partial charge in [-0.1, -0.05) is 18.6 Å². The molecule has 1 saturated heterocycles. The lowest BCUT2D eigenvalue weighted by atomic mass is 9.92. The lowest BCUT2D eigenvalue weighted by Gasteiger charge is -2.37. The number of hydrogen-bond donors (Lipinski definition) is 4. The molecular weight excluding hydrogens is 542 g/mol. The van der Waals surface area contributed by atoms with Gasteiger partial charge in [-0.15, -0.1) is 0 Å². The van der Waals surface area contributed by atoms with Gasteiger partial charge in [-0.2, -0.15) is 0 Å². The van der Waals surface area contributed by atoms with Gasteiger partial charge in [0.1, 0.15) is 5.75 Å². The molecule has 40 heavy (non-hydrogen) atoms. The highest BCUT2D eigenvalue weighted by molar-refractivity contribution is 7.94. The molecule has 14 heteroatoms. The van der Waals surface area contributed by atoms with Crippen LogP contribution in [0.3, 0.4) is 0 Å². The molecule has 2 fully saturated rings. The molecule has 1 aromatic rings. The second-order valence-electron chi connectivity index (χ2n) is 10.3. The predicted octanol–water partition coefficient (Wildman–Crippen LogP) is 1.10. The SMILES string of the molecule is COc1ccc(NS(=O)(=O)C23CC2/C=C\CCCCCC(OC(N)=O)C(=O)N2CCCC2(C(N)=O)C(=O)N3)cc1. The number of carbonyl (C=O) groups excluding carboxylic acids is 4.